The maximum Gasteiger partial charge on any atom is 0.396 e. The van der Waals surface area contributed by atoms with Crippen LogP contribution >= 0.6 is 7.60 Å². The fourth-order valence-electron chi connectivity index (χ4n) is 2.67. The van der Waals surface area contributed by atoms with Gasteiger partial charge in [-0.3, -0.25) is 9.36 Å². The summed E-state index contributed by atoms with van der Waals surface area (Å²) in [4.78, 5) is 29.8. The van der Waals surface area contributed by atoms with Gasteiger partial charge in [0.15, 0.2) is 0 Å². The second-order valence-electron chi connectivity index (χ2n) is 6.42. The van der Waals surface area contributed by atoms with Crippen molar-refractivity contribution >= 4 is 13.1 Å². The first kappa shape index (κ1) is 21.2. The van der Waals surface area contributed by atoms with E-state index in [1.54, 1.807) is 0 Å². The van der Waals surface area contributed by atoms with Crippen LogP contribution in [0.5, 0.6) is 11.5 Å². The zero-order chi connectivity index (χ0) is 19.9. The van der Waals surface area contributed by atoms with Gasteiger partial charge in [-0.1, -0.05) is 38.3 Å². The van der Waals surface area contributed by atoms with Crippen LogP contribution in [0.1, 0.15) is 54.1 Å². The van der Waals surface area contributed by atoms with Crippen LogP contribution in [0, 0.1) is 0 Å². The number of carbonyl (C=O) groups is 1. The van der Waals surface area contributed by atoms with Crippen molar-refractivity contribution < 1.29 is 29.0 Å². The molecule has 0 aliphatic heterocycles. The average molecular weight is 392 g/mol. The molecular weight excluding hydrogens is 367 g/mol. The topological polar surface area (TPSA) is 104 Å². The first-order chi connectivity index (χ1) is 12.8. The number of hydrogen-bond donors (Lipinski definition) is 3. The van der Waals surface area contributed by atoms with E-state index >= 15 is 0 Å². The Kier molecular flexibility index (Phi) is 7.60. The van der Waals surface area contributed by atoms with Crippen LogP contribution in [0.4, 0.5) is 0 Å². The minimum absolute atomic E-state index is 0.0338. The summed E-state index contributed by atoms with van der Waals surface area (Å²) in [5.41, 5.74) is -0.0781. The number of phenolic OH excluding ortho intramolecular Hbond substituents is 1. The van der Waals surface area contributed by atoms with Gasteiger partial charge in [0.05, 0.1) is 6.61 Å². The summed E-state index contributed by atoms with van der Waals surface area (Å²) in [7, 11) is -4.86. The number of carbonyl (C=O) groups excluding carboxylic acids is 1. The molecule has 2 rings (SSSR count). The molecule has 0 heterocycles. The largest absolute Gasteiger partial charge is 0.508 e. The molecule has 2 aromatic carbocycles. The third kappa shape index (κ3) is 6.51. The van der Waals surface area contributed by atoms with Crippen molar-refractivity contribution in [1.82, 2.24) is 0 Å². The smallest absolute Gasteiger partial charge is 0.396 e. The van der Waals surface area contributed by atoms with E-state index in [-0.39, 0.29) is 11.3 Å². The van der Waals surface area contributed by atoms with Crippen molar-refractivity contribution in [1.29, 1.82) is 0 Å². The van der Waals surface area contributed by atoms with Gasteiger partial charge >= 0.3 is 7.60 Å². The first-order valence-electron chi connectivity index (χ1n) is 8.95. The summed E-state index contributed by atoms with van der Waals surface area (Å²) in [6, 6.07) is 11.2. The van der Waals surface area contributed by atoms with Crippen molar-refractivity contribution in [2.45, 2.75) is 39.0 Å². The molecular formula is C20H25O6P. The molecule has 0 fully saturated rings. The molecule has 6 nitrogen and oxygen atoms in total. The molecule has 0 aliphatic carbocycles. The second-order valence-corrected chi connectivity index (χ2v) is 7.92. The lowest BCUT2D eigenvalue weighted by Crippen LogP contribution is -2.01. The van der Waals surface area contributed by atoms with Gasteiger partial charge in [-0.15, -0.1) is 0 Å². The Labute approximate surface area is 159 Å². The van der Waals surface area contributed by atoms with Crippen molar-refractivity contribution in [3.05, 3.63) is 59.2 Å². The van der Waals surface area contributed by atoms with Crippen molar-refractivity contribution in [2.24, 2.45) is 0 Å². The molecule has 0 amide bonds. The predicted octanol–water partition coefficient (Wildman–Crippen LogP) is 4.26. The van der Waals surface area contributed by atoms with Crippen LogP contribution in [-0.2, 0) is 11.0 Å². The molecule has 0 spiro atoms. The molecule has 0 aromatic heterocycles. The summed E-state index contributed by atoms with van der Waals surface area (Å²) < 4.78 is 16.8. The Bertz CT molecular complexity index is 810. The van der Waals surface area contributed by atoms with Crippen molar-refractivity contribution in [3.63, 3.8) is 0 Å². The molecule has 0 unspecified atom stereocenters. The molecule has 3 N–H and O–H groups in total. The fraction of sp³-hybridized carbons (Fsp3) is 0.350. The minimum Gasteiger partial charge on any atom is -0.508 e. The van der Waals surface area contributed by atoms with Gasteiger partial charge < -0.3 is 19.6 Å². The van der Waals surface area contributed by atoms with E-state index in [9.17, 15) is 14.5 Å². The number of benzene rings is 2. The van der Waals surface area contributed by atoms with E-state index < -0.39 is 13.1 Å². The van der Waals surface area contributed by atoms with Gasteiger partial charge in [-0.25, -0.2) is 0 Å². The van der Waals surface area contributed by atoms with E-state index in [0.29, 0.717) is 18.6 Å². The Morgan fingerprint density at radius 2 is 1.74 bits per heavy atom. The molecule has 0 radical (unpaired) electrons. The Balaban J connectivity index is 2.02. The SMILES string of the molecule is CCCCCCOc1ccc(Cc2cc(C(=O)P(=O)(O)O)ccc2O)cc1. The van der Waals surface area contributed by atoms with Crippen LogP contribution in [0.15, 0.2) is 42.5 Å². The van der Waals surface area contributed by atoms with E-state index in [2.05, 4.69) is 6.92 Å². The quantitative estimate of drug-likeness (QED) is 0.412. The highest BCUT2D eigenvalue weighted by molar-refractivity contribution is 7.70. The number of hydrogen-bond acceptors (Lipinski definition) is 4. The highest BCUT2D eigenvalue weighted by Gasteiger charge is 2.27. The Hall–Kier alpha value is -2.14. The third-order valence-corrected chi connectivity index (χ3v) is 4.96. The monoisotopic (exact) mass is 392 g/mol. The zero-order valence-electron chi connectivity index (χ0n) is 15.3. The minimum atomic E-state index is -4.86. The second kappa shape index (κ2) is 9.70. The number of rotatable bonds is 10. The van der Waals surface area contributed by atoms with Gasteiger partial charge in [0.1, 0.15) is 11.5 Å². The zero-order valence-corrected chi connectivity index (χ0v) is 16.2. The summed E-state index contributed by atoms with van der Waals surface area (Å²) in [6.45, 7) is 2.84. The fourth-order valence-corrected chi connectivity index (χ4v) is 3.15. The first-order valence-corrected chi connectivity index (χ1v) is 10.6. The molecule has 0 atom stereocenters. The van der Waals surface area contributed by atoms with E-state index in [1.165, 1.54) is 31.0 Å². The van der Waals surface area contributed by atoms with Crippen LogP contribution in [-0.4, -0.2) is 27.0 Å². The Morgan fingerprint density at radius 1 is 1.04 bits per heavy atom. The summed E-state index contributed by atoms with van der Waals surface area (Å²) in [5, 5.41) is 9.99. The molecule has 0 bridgehead atoms. The highest BCUT2D eigenvalue weighted by Crippen LogP contribution is 2.39. The van der Waals surface area contributed by atoms with Gasteiger partial charge in [0.25, 0.3) is 5.52 Å². The third-order valence-electron chi connectivity index (χ3n) is 4.18. The summed E-state index contributed by atoms with van der Waals surface area (Å²) in [6.07, 6.45) is 4.88. The summed E-state index contributed by atoms with van der Waals surface area (Å²) in [5.74, 6) is 0.735. The van der Waals surface area contributed by atoms with Crippen LogP contribution in [0.3, 0.4) is 0 Å². The highest BCUT2D eigenvalue weighted by atomic mass is 31.2. The lowest BCUT2D eigenvalue weighted by Gasteiger charge is -2.10. The Morgan fingerprint density at radius 3 is 2.37 bits per heavy atom. The molecule has 7 heteroatoms. The maximum absolute atomic E-state index is 11.7. The standard InChI is InChI=1S/C20H25O6P/c1-2-3-4-5-12-26-18-9-6-15(7-10-18)13-17-14-16(8-11-19(17)21)20(22)27(23,24)25/h6-11,14,21H,2-5,12-13H2,1H3,(H2,23,24,25). The lowest BCUT2D eigenvalue weighted by molar-refractivity contribution is 0.104. The normalized spacial score (nSPS) is 11.4. The van der Waals surface area contributed by atoms with Gasteiger partial charge in [-0.05, 0) is 47.9 Å². The maximum atomic E-state index is 11.7. The molecule has 27 heavy (non-hydrogen) atoms. The predicted molar refractivity (Wildman–Crippen MR) is 103 cm³/mol. The van der Waals surface area contributed by atoms with Gasteiger partial charge in [0, 0.05) is 12.0 Å². The average Bonchev–Trinajstić information content (AvgIpc) is 2.63. The molecule has 2 aromatic rings. The lowest BCUT2D eigenvalue weighted by atomic mass is 10.0. The molecule has 0 aliphatic rings. The molecule has 0 saturated carbocycles. The van der Waals surface area contributed by atoms with Gasteiger partial charge in [-0.2, -0.15) is 0 Å². The number of ether oxygens (including phenoxy) is 1. The van der Waals surface area contributed by atoms with E-state index in [1.807, 2.05) is 24.3 Å². The number of unbranched alkanes of at least 4 members (excludes halogenated alkanes) is 3. The van der Waals surface area contributed by atoms with E-state index in [4.69, 9.17) is 14.5 Å². The molecule has 146 valence electrons. The van der Waals surface area contributed by atoms with Crippen LogP contribution in [0.2, 0.25) is 0 Å². The van der Waals surface area contributed by atoms with Crippen molar-refractivity contribution in [3.8, 4) is 11.5 Å². The van der Waals surface area contributed by atoms with Crippen LogP contribution in [0.25, 0.3) is 0 Å². The van der Waals surface area contributed by atoms with Crippen molar-refractivity contribution in [2.75, 3.05) is 6.61 Å². The van der Waals surface area contributed by atoms with Crippen LogP contribution < -0.4 is 4.74 Å². The molecule has 0 saturated heterocycles. The van der Waals surface area contributed by atoms with Gasteiger partial charge in [0.2, 0.25) is 0 Å². The summed E-state index contributed by atoms with van der Waals surface area (Å²) >= 11 is 0. The number of phenols is 1. The number of aromatic hydroxyl groups is 1. The van der Waals surface area contributed by atoms with E-state index in [0.717, 1.165) is 24.2 Å².